The Morgan fingerprint density at radius 2 is 1.89 bits per heavy atom. The lowest BCUT2D eigenvalue weighted by molar-refractivity contribution is -0.127. The first-order chi connectivity index (χ1) is 13.1. The maximum absolute atomic E-state index is 11.8. The number of nitrogens with one attached hydrogen (secondary N) is 1. The molecule has 1 aromatic heterocycles. The summed E-state index contributed by atoms with van der Waals surface area (Å²) < 4.78 is 0. The number of aromatic nitrogens is 2. The monoisotopic (exact) mass is 399 g/mol. The summed E-state index contributed by atoms with van der Waals surface area (Å²) in [4.78, 5) is 13.6. The van der Waals surface area contributed by atoms with Crippen LogP contribution in [0.25, 0.3) is 22.0 Å². The molecule has 0 aliphatic carbocycles. The molecular formula is C21H19Cl2N3O. The zero-order chi connectivity index (χ0) is 19.0. The Morgan fingerprint density at radius 1 is 1.15 bits per heavy atom. The van der Waals surface area contributed by atoms with E-state index in [4.69, 9.17) is 23.2 Å². The highest BCUT2D eigenvalue weighted by Gasteiger charge is 2.26. The average Bonchev–Trinajstić information content (AvgIpc) is 3.10. The van der Waals surface area contributed by atoms with Gasteiger partial charge in [0.15, 0.2) is 0 Å². The third-order valence-corrected chi connectivity index (χ3v) is 5.85. The van der Waals surface area contributed by atoms with Gasteiger partial charge in [-0.1, -0.05) is 48.0 Å². The van der Waals surface area contributed by atoms with E-state index in [1.807, 2.05) is 35.2 Å². The molecular weight excluding hydrogens is 381 g/mol. The Balaban J connectivity index is 1.69. The standard InChI is InChI=1S/C21H19Cl2N3O/c1-2-20(27)26-9-7-13(8-10-26)21-16-11-15(14-5-3-4-6-17(14)22)18(23)12-19(16)24-25-21/h2-6,11-13H,1,7-10H2,(H,24,25). The SMILES string of the molecule is C=CC(=O)N1CCC(c2n[nH]c3cc(Cl)c(-c4ccccc4Cl)cc23)CC1. The van der Waals surface area contributed by atoms with Crippen LogP contribution >= 0.6 is 23.2 Å². The number of amides is 1. The van der Waals surface area contributed by atoms with Gasteiger partial charge >= 0.3 is 0 Å². The predicted octanol–water partition coefficient (Wildman–Crippen LogP) is 5.43. The molecule has 1 aliphatic rings. The fraction of sp³-hybridized carbons (Fsp3) is 0.238. The molecule has 138 valence electrons. The van der Waals surface area contributed by atoms with Crippen LogP contribution in [0.3, 0.4) is 0 Å². The minimum absolute atomic E-state index is 0.00637. The molecule has 2 heterocycles. The van der Waals surface area contributed by atoms with Crippen molar-refractivity contribution in [2.45, 2.75) is 18.8 Å². The molecule has 3 aromatic rings. The second kappa shape index (κ2) is 7.37. The quantitative estimate of drug-likeness (QED) is 0.596. The molecule has 2 aromatic carbocycles. The molecule has 0 saturated carbocycles. The van der Waals surface area contributed by atoms with Crippen molar-refractivity contribution in [3.05, 3.63) is 64.8 Å². The Hall–Kier alpha value is -2.30. The number of piperidine rings is 1. The highest BCUT2D eigenvalue weighted by atomic mass is 35.5. The van der Waals surface area contributed by atoms with Crippen molar-refractivity contribution in [2.75, 3.05) is 13.1 Å². The van der Waals surface area contributed by atoms with Gasteiger partial charge < -0.3 is 4.90 Å². The molecule has 0 atom stereocenters. The van der Waals surface area contributed by atoms with Crippen molar-refractivity contribution in [2.24, 2.45) is 0 Å². The van der Waals surface area contributed by atoms with E-state index in [9.17, 15) is 4.79 Å². The van der Waals surface area contributed by atoms with E-state index in [2.05, 4.69) is 22.8 Å². The summed E-state index contributed by atoms with van der Waals surface area (Å²) in [5.74, 6) is 0.293. The van der Waals surface area contributed by atoms with Crippen molar-refractivity contribution < 1.29 is 4.79 Å². The predicted molar refractivity (Wildman–Crippen MR) is 110 cm³/mol. The summed E-state index contributed by atoms with van der Waals surface area (Å²) >= 11 is 12.9. The molecule has 27 heavy (non-hydrogen) atoms. The molecule has 1 aliphatic heterocycles. The zero-order valence-corrected chi connectivity index (χ0v) is 16.2. The summed E-state index contributed by atoms with van der Waals surface area (Å²) in [5, 5.41) is 10.0. The van der Waals surface area contributed by atoms with Gasteiger partial charge in [-0.2, -0.15) is 5.10 Å². The molecule has 0 spiro atoms. The van der Waals surface area contributed by atoms with Gasteiger partial charge in [0.1, 0.15) is 0 Å². The number of halogens is 2. The Morgan fingerprint density at radius 3 is 2.59 bits per heavy atom. The number of fused-ring (bicyclic) bond motifs is 1. The fourth-order valence-electron chi connectivity index (χ4n) is 3.76. The van der Waals surface area contributed by atoms with Gasteiger partial charge in [0.25, 0.3) is 0 Å². The Kier molecular flexibility index (Phi) is 4.94. The number of carbonyl (C=O) groups is 1. The van der Waals surface area contributed by atoms with Crippen molar-refractivity contribution in [3.8, 4) is 11.1 Å². The van der Waals surface area contributed by atoms with Crippen LogP contribution in [0.5, 0.6) is 0 Å². The number of hydrogen-bond donors (Lipinski definition) is 1. The van der Waals surface area contributed by atoms with Crippen molar-refractivity contribution in [1.29, 1.82) is 0 Å². The van der Waals surface area contributed by atoms with Crippen LogP contribution in [0, 0.1) is 0 Å². The second-order valence-electron chi connectivity index (χ2n) is 6.77. The molecule has 4 rings (SSSR count). The summed E-state index contributed by atoms with van der Waals surface area (Å²) in [6.45, 7) is 5.00. The minimum atomic E-state index is -0.00637. The molecule has 6 heteroatoms. The van der Waals surface area contributed by atoms with Gasteiger partial charge in [-0.05, 0) is 37.1 Å². The van der Waals surface area contributed by atoms with Crippen molar-refractivity contribution >= 4 is 40.0 Å². The molecule has 4 nitrogen and oxygen atoms in total. The van der Waals surface area contributed by atoms with Gasteiger partial charge in [-0.15, -0.1) is 0 Å². The summed E-state index contributed by atoms with van der Waals surface area (Å²) in [5.41, 5.74) is 3.75. The van der Waals surface area contributed by atoms with E-state index in [1.54, 1.807) is 0 Å². The van der Waals surface area contributed by atoms with E-state index in [0.717, 1.165) is 53.7 Å². The third-order valence-electron chi connectivity index (χ3n) is 5.21. The number of nitrogens with zero attached hydrogens (tertiary/aromatic N) is 2. The highest BCUT2D eigenvalue weighted by Crippen LogP contribution is 2.39. The van der Waals surface area contributed by atoms with Crippen LogP contribution in [-0.4, -0.2) is 34.1 Å². The topological polar surface area (TPSA) is 49.0 Å². The maximum atomic E-state index is 11.8. The molecule has 0 bridgehead atoms. The zero-order valence-electron chi connectivity index (χ0n) is 14.7. The maximum Gasteiger partial charge on any atom is 0.245 e. The number of rotatable bonds is 3. The van der Waals surface area contributed by atoms with E-state index < -0.39 is 0 Å². The Bertz CT molecular complexity index is 1020. The van der Waals surface area contributed by atoms with Crippen molar-refractivity contribution in [3.63, 3.8) is 0 Å². The van der Waals surface area contributed by atoms with Crippen LogP contribution in [0.15, 0.2) is 49.1 Å². The smallest absolute Gasteiger partial charge is 0.245 e. The van der Waals surface area contributed by atoms with Crippen LogP contribution in [0.4, 0.5) is 0 Å². The minimum Gasteiger partial charge on any atom is -0.339 e. The second-order valence-corrected chi connectivity index (χ2v) is 7.58. The summed E-state index contributed by atoms with van der Waals surface area (Å²) in [7, 11) is 0. The fourth-order valence-corrected chi connectivity index (χ4v) is 4.26. The molecule has 1 N–H and O–H groups in total. The summed E-state index contributed by atoms with van der Waals surface area (Å²) in [6, 6.07) is 11.7. The molecule has 1 amide bonds. The third kappa shape index (κ3) is 3.35. The van der Waals surface area contributed by atoms with Gasteiger partial charge in [-0.25, -0.2) is 0 Å². The van der Waals surface area contributed by atoms with E-state index in [-0.39, 0.29) is 5.91 Å². The number of carbonyl (C=O) groups excluding carboxylic acids is 1. The van der Waals surface area contributed by atoms with Gasteiger partial charge in [0.2, 0.25) is 5.91 Å². The number of benzene rings is 2. The van der Waals surface area contributed by atoms with Crippen LogP contribution in [-0.2, 0) is 4.79 Å². The number of hydrogen-bond acceptors (Lipinski definition) is 2. The van der Waals surface area contributed by atoms with E-state index in [1.165, 1.54) is 6.08 Å². The van der Waals surface area contributed by atoms with Crippen LogP contribution in [0.1, 0.15) is 24.5 Å². The van der Waals surface area contributed by atoms with Crippen LogP contribution in [0.2, 0.25) is 10.0 Å². The molecule has 0 unspecified atom stereocenters. The van der Waals surface area contributed by atoms with E-state index in [0.29, 0.717) is 16.0 Å². The Labute approximate surface area is 167 Å². The lowest BCUT2D eigenvalue weighted by atomic mass is 9.90. The van der Waals surface area contributed by atoms with E-state index >= 15 is 0 Å². The number of aromatic amines is 1. The largest absolute Gasteiger partial charge is 0.339 e. The lowest BCUT2D eigenvalue weighted by Gasteiger charge is -2.30. The molecule has 1 saturated heterocycles. The van der Waals surface area contributed by atoms with Gasteiger partial charge in [-0.3, -0.25) is 9.89 Å². The first-order valence-corrected chi connectivity index (χ1v) is 9.68. The number of H-pyrrole nitrogens is 1. The normalized spacial score (nSPS) is 15.3. The average molecular weight is 400 g/mol. The van der Waals surface area contributed by atoms with Crippen molar-refractivity contribution in [1.82, 2.24) is 15.1 Å². The first kappa shape index (κ1) is 18.1. The molecule has 1 fully saturated rings. The van der Waals surface area contributed by atoms with Crippen LogP contribution < -0.4 is 0 Å². The first-order valence-electron chi connectivity index (χ1n) is 8.92. The van der Waals surface area contributed by atoms with Gasteiger partial charge in [0.05, 0.1) is 16.2 Å². The highest BCUT2D eigenvalue weighted by molar-refractivity contribution is 6.37. The lowest BCUT2D eigenvalue weighted by Crippen LogP contribution is -2.36. The number of likely N-dealkylation sites (tertiary alicyclic amines) is 1. The summed E-state index contributed by atoms with van der Waals surface area (Å²) in [6.07, 6.45) is 3.13. The van der Waals surface area contributed by atoms with Gasteiger partial charge in [0, 0.05) is 40.5 Å². The molecule has 0 radical (unpaired) electrons.